The van der Waals surface area contributed by atoms with Gasteiger partial charge in [-0.2, -0.15) is 0 Å². The molecule has 0 radical (unpaired) electrons. The van der Waals surface area contributed by atoms with Crippen molar-refractivity contribution in [2.24, 2.45) is 50.7 Å². The van der Waals surface area contributed by atoms with Gasteiger partial charge in [-0.1, -0.05) is 34.6 Å². The Morgan fingerprint density at radius 3 is 2.24 bits per heavy atom. The van der Waals surface area contributed by atoms with E-state index >= 15 is 0 Å². The van der Waals surface area contributed by atoms with Gasteiger partial charge in [0.2, 0.25) is 0 Å². The normalized spacial score (nSPS) is 51.1. The minimum Gasteiger partial charge on any atom is -0.393 e. The molecule has 0 aliphatic heterocycles. The summed E-state index contributed by atoms with van der Waals surface area (Å²) in [5, 5.41) is 32.1. The van der Waals surface area contributed by atoms with Crippen molar-refractivity contribution in [1.82, 2.24) is 0 Å². The number of hydrogen-bond acceptors (Lipinski definition) is 4. The second-order valence-electron chi connectivity index (χ2n) is 15.2. The van der Waals surface area contributed by atoms with Crippen LogP contribution in [-0.2, 0) is 4.79 Å². The van der Waals surface area contributed by atoms with Gasteiger partial charge in [0.25, 0.3) is 0 Å². The van der Waals surface area contributed by atoms with Crippen LogP contribution in [0.4, 0.5) is 0 Å². The number of carbonyl (C=O) groups is 1. The highest BCUT2D eigenvalue weighted by molar-refractivity contribution is 5.86. The molecule has 4 nitrogen and oxygen atoms in total. The lowest BCUT2D eigenvalue weighted by Gasteiger charge is -2.62. The lowest BCUT2D eigenvalue weighted by molar-refractivity contribution is -0.157. The molecule has 0 aromatic heterocycles. The molecule has 5 fully saturated rings. The minimum atomic E-state index is -1.09. The van der Waals surface area contributed by atoms with E-state index < -0.39 is 11.7 Å². The van der Waals surface area contributed by atoms with Gasteiger partial charge in [-0.15, -0.1) is 0 Å². The molecule has 5 aliphatic rings. The monoisotopic (exact) mass is 474 g/mol. The van der Waals surface area contributed by atoms with Crippen molar-refractivity contribution in [3.8, 4) is 0 Å². The summed E-state index contributed by atoms with van der Waals surface area (Å²) in [4.78, 5) is 12.9. The standard InChI is InChI=1S/C30H50O4/c1-18(8-11-23(33)26(4,5)34)24-19(31)16-28(7)21-10-9-20-25(2,3)22(32)12-13-29(20)17-30(21,29)15-14-27(24,28)6/h18-21,23-24,31,33-34H,8-17H2,1-7H3/t18-,19+,20+,21+,23+,24-,27+,28+,29+,30-/m0/s1. The quantitative estimate of drug-likeness (QED) is 0.491. The first-order chi connectivity index (χ1) is 15.6. The Hall–Kier alpha value is -0.450. The van der Waals surface area contributed by atoms with Crippen molar-refractivity contribution in [3.63, 3.8) is 0 Å². The van der Waals surface area contributed by atoms with Gasteiger partial charge < -0.3 is 15.3 Å². The van der Waals surface area contributed by atoms with Crippen molar-refractivity contribution in [2.75, 3.05) is 0 Å². The third kappa shape index (κ3) is 2.97. The Morgan fingerprint density at radius 1 is 0.971 bits per heavy atom. The van der Waals surface area contributed by atoms with Crippen LogP contribution >= 0.6 is 0 Å². The van der Waals surface area contributed by atoms with Crippen LogP contribution in [0.2, 0.25) is 0 Å². The first-order valence-electron chi connectivity index (χ1n) is 14.2. The molecule has 0 aromatic carbocycles. The molecule has 3 N–H and O–H groups in total. The summed E-state index contributed by atoms with van der Waals surface area (Å²) in [6, 6.07) is 0. The number of aliphatic hydroxyl groups excluding tert-OH is 2. The molecule has 10 atom stereocenters. The van der Waals surface area contributed by atoms with Crippen LogP contribution in [0.25, 0.3) is 0 Å². The van der Waals surface area contributed by atoms with Gasteiger partial charge in [0.1, 0.15) is 5.78 Å². The van der Waals surface area contributed by atoms with Crippen LogP contribution in [0.3, 0.4) is 0 Å². The van der Waals surface area contributed by atoms with E-state index in [1.54, 1.807) is 13.8 Å². The highest BCUT2D eigenvalue weighted by atomic mass is 16.3. The van der Waals surface area contributed by atoms with E-state index in [4.69, 9.17) is 0 Å². The van der Waals surface area contributed by atoms with Gasteiger partial charge in [0.15, 0.2) is 0 Å². The lowest BCUT2D eigenvalue weighted by Crippen LogP contribution is -2.57. The molecule has 5 aliphatic carbocycles. The zero-order valence-electron chi connectivity index (χ0n) is 22.8. The molecular weight excluding hydrogens is 424 g/mol. The average molecular weight is 475 g/mol. The Morgan fingerprint density at radius 2 is 1.59 bits per heavy atom. The summed E-state index contributed by atoms with van der Waals surface area (Å²) in [6.07, 6.45) is 9.24. The Balaban J connectivity index is 1.41. The van der Waals surface area contributed by atoms with Gasteiger partial charge in [0.05, 0.1) is 17.8 Å². The first-order valence-corrected chi connectivity index (χ1v) is 14.2. The largest absolute Gasteiger partial charge is 0.393 e. The summed E-state index contributed by atoms with van der Waals surface area (Å²) >= 11 is 0. The molecule has 0 aromatic rings. The molecule has 34 heavy (non-hydrogen) atoms. The third-order valence-corrected chi connectivity index (χ3v) is 13.2. The number of Topliss-reactive ketones (excluding diaryl/α,β-unsaturated/α-hetero) is 1. The van der Waals surface area contributed by atoms with E-state index in [-0.39, 0.29) is 28.3 Å². The molecular formula is C30H50O4. The van der Waals surface area contributed by atoms with Crippen molar-refractivity contribution in [1.29, 1.82) is 0 Å². The molecule has 2 spiro atoms. The highest BCUT2D eigenvalue weighted by Gasteiger charge is 2.82. The molecule has 0 unspecified atom stereocenters. The van der Waals surface area contributed by atoms with Gasteiger partial charge in [-0.3, -0.25) is 4.79 Å². The fourth-order valence-corrected chi connectivity index (χ4v) is 11.2. The first kappa shape index (κ1) is 25.2. The summed E-state index contributed by atoms with van der Waals surface area (Å²) < 4.78 is 0. The molecule has 0 heterocycles. The highest BCUT2D eigenvalue weighted by Crippen LogP contribution is 2.88. The number of fused-ring (bicyclic) bond motifs is 2. The predicted octanol–water partition coefficient (Wildman–Crippen LogP) is 5.51. The Labute approximate surface area is 207 Å². The van der Waals surface area contributed by atoms with Crippen molar-refractivity contribution < 1.29 is 20.1 Å². The van der Waals surface area contributed by atoms with Crippen molar-refractivity contribution >= 4 is 5.78 Å². The second kappa shape index (κ2) is 7.32. The van der Waals surface area contributed by atoms with Gasteiger partial charge in [-0.05, 0) is 117 Å². The topological polar surface area (TPSA) is 77.8 Å². The van der Waals surface area contributed by atoms with E-state index in [0.29, 0.717) is 40.8 Å². The molecule has 194 valence electrons. The SMILES string of the molecule is C[C@@H](CC[C@@H](O)C(C)(C)O)[C@H]1[C@H](O)C[C@]2(C)[C@H]3CC[C@@H]4C(C)(C)C(=O)CC[C@@]45C[C@@]35CC[C@]12C. The van der Waals surface area contributed by atoms with E-state index in [9.17, 15) is 20.1 Å². The average Bonchev–Trinajstić information content (AvgIpc) is 3.34. The van der Waals surface area contributed by atoms with E-state index in [1.807, 2.05) is 0 Å². The van der Waals surface area contributed by atoms with E-state index in [1.165, 1.54) is 32.1 Å². The van der Waals surface area contributed by atoms with Crippen LogP contribution < -0.4 is 0 Å². The fourth-order valence-electron chi connectivity index (χ4n) is 11.2. The maximum atomic E-state index is 12.9. The number of carbonyl (C=O) groups excluding carboxylic acids is 1. The molecule has 4 heteroatoms. The van der Waals surface area contributed by atoms with Crippen molar-refractivity contribution in [3.05, 3.63) is 0 Å². The van der Waals surface area contributed by atoms with Gasteiger partial charge in [0, 0.05) is 11.8 Å². The Bertz CT molecular complexity index is 858. The maximum absolute atomic E-state index is 12.9. The smallest absolute Gasteiger partial charge is 0.138 e. The second-order valence-corrected chi connectivity index (χ2v) is 15.2. The molecule has 5 saturated carbocycles. The van der Waals surface area contributed by atoms with Gasteiger partial charge >= 0.3 is 0 Å². The summed E-state index contributed by atoms with van der Waals surface area (Å²) in [6.45, 7) is 15.0. The van der Waals surface area contributed by atoms with Crippen LogP contribution in [0.15, 0.2) is 0 Å². The maximum Gasteiger partial charge on any atom is 0.138 e. The summed E-state index contributed by atoms with van der Waals surface area (Å²) in [7, 11) is 0. The summed E-state index contributed by atoms with van der Waals surface area (Å²) in [5.41, 5.74) is -0.295. The zero-order valence-corrected chi connectivity index (χ0v) is 22.8. The zero-order chi connectivity index (χ0) is 25.1. The van der Waals surface area contributed by atoms with E-state index in [2.05, 4.69) is 34.6 Å². The number of hydrogen-bond donors (Lipinski definition) is 3. The number of aliphatic hydroxyl groups is 3. The Kier molecular flexibility index (Phi) is 5.42. The van der Waals surface area contributed by atoms with Crippen LogP contribution in [-0.4, -0.2) is 38.9 Å². The van der Waals surface area contributed by atoms with Crippen LogP contribution in [0, 0.1) is 50.7 Å². The molecule has 0 saturated heterocycles. The molecule has 5 rings (SSSR count). The summed E-state index contributed by atoms with van der Waals surface area (Å²) in [5.74, 6) is 2.21. The fraction of sp³-hybridized carbons (Fsp3) is 0.967. The molecule has 0 bridgehead atoms. The predicted molar refractivity (Wildman–Crippen MR) is 134 cm³/mol. The van der Waals surface area contributed by atoms with Crippen molar-refractivity contribution in [2.45, 2.75) is 130 Å². The van der Waals surface area contributed by atoms with E-state index in [0.717, 1.165) is 25.7 Å². The van der Waals surface area contributed by atoms with Crippen LogP contribution in [0.1, 0.15) is 113 Å². The van der Waals surface area contributed by atoms with Crippen LogP contribution in [0.5, 0.6) is 0 Å². The minimum absolute atomic E-state index is 0.0953. The third-order valence-electron chi connectivity index (χ3n) is 13.2. The number of rotatable bonds is 5. The van der Waals surface area contributed by atoms with Gasteiger partial charge in [-0.25, -0.2) is 0 Å². The molecule has 0 amide bonds. The lowest BCUT2D eigenvalue weighted by atomic mass is 9.42. The number of ketones is 1.